The van der Waals surface area contributed by atoms with Gasteiger partial charge in [0.2, 0.25) is 4.96 Å². The van der Waals surface area contributed by atoms with Crippen LogP contribution >= 0.6 is 11.3 Å². The summed E-state index contributed by atoms with van der Waals surface area (Å²) < 4.78 is 1.96. The lowest BCUT2D eigenvalue weighted by atomic mass is 9.89. The lowest BCUT2D eigenvalue weighted by Gasteiger charge is -2.18. The first-order chi connectivity index (χ1) is 8.79. The standard InChI is InChI=1S/C12H19N5S/c1-8(13-2)11-16-17-10(14-15-12(17)18-11)9-6-4-3-5-7-9/h8-9,13H,3-7H2,1-2H3. The summed E-state index contributed by atoms with van der Waals surface area (Å²) in [7, 11) is 1.95. The van der Waals surface area contributed by atoms with Gasteiger partial charge in [0.25, 0.3) is 0 Å². The van der Waals surface area contributed by atoms with Gasteiger partial charge in [-0.15, -0.1) is 10.2 Å². The maximum Gasteiger partial charge on any atom is 0.234 e. The van der Waals surface area contributed by atoms with Crippen molar-refractivity contribution in [1.29, 1.82) is 0 Å². The highest BCUT2D eigenvalue weighted by atomic mass is 32.1. The van der Waals surface area contributed by atoms with Gasteiger partial charge in [-0.05, 0) is 26.8 Å². The molecule has 0 spiro atoms. The number of rotatable bonds is 3. The SMILES string of the molecule is CNC(C)c1nn2c(C3CCCCC3)nnc2s1. The van der Waals surface area contributed by atoms with Crippen LogP contribution < -0.4 is 5.32 Å². The van der Waals surface area contributed by atoms with Crippen molar-refractivity contribution in [2.75, 3.05) is 7.05 Å². The van der Waals surface area contributed by atoms with Crippen LogP contribution in [0.3, 0.4) is 0 Å². The molecule has 0 aromatic carbocycles. The Kier molecular flexibility index (Phi) is 3.30. The Bertz CT molecular complexity index is 526. The molecule has 1 fully saturated rings. The van der Waals surface area contributed by atoms with E-state index in [-0.39, 0.29) is 6.04 Å². The largest absolute Gasteiger partial charge is 0.311 e. The molecule has 0 radical (unpaired) electrons. The predicted molar refractivity (Wildman–Crippen MR) is 72.0 cm³/mol. The molecule has 6 heteroatoms. The lowest BCUT2D eigenvalue weighted by molar-refractivity contribution is 0.422. The van der Waals surface area contributed by atoms with E-state index >= 15 is 0 Å². The zero-order chi connectivity index (χ0) is 12.5. The van der Waals surface area contributed by atoms with Crippen molar-refractivity contribution in [2.45, 2.75) is 51.0 Å². The molecule has 3 rings (SSSR count). The fraction of sp³-hybridized carbons (Fsp3) is 0.750. The molecule has 1 saturated carbocycles. The second kappa shape index (κ2) is 4.93. The van der Waals surface area contributed by atoms with Gasteiger partial charge in [0, 0.05) is 5.92 Å². The third kappa shape index (κ3) is 2.03. The molecule has 1 unspecified atom stereocenters. The Hall–Kier alpha value is -1.01. The Labute approximate surface area is 111 Å². The Balaban J connectivity index is 1.94. The molecule has 1 aliphatic carbocycles. The van der Waals surface area contributed by atoms with Gasteiger partial charge in [-0.1, -0.05) is 30.6 Å². The van der Waals surface area contributed by atoms with Crippen molar-refractivity contribution in [1.82, 2.24) is 25.1 Å². The summed E-state index contributed by atoms with van der Waals surface area (Å²) in [5, 5.41) is 17.6. The molecule has 98 valence electrons. The molecule has 2 aromatic heterocycles. The lowest BCUT2D eigenvalue weighted by Crippen LogP contribution is -2.13. The molecular weight excluding hydrogens is 246 g/mol. The highest BCUT2D eigenvalue weighted by molar-refractivity contribution is 7.16. The van der Waals surface area contributed by atoms with E-state index in [9.17, 15) is 0 Å². The number of nitrogens with one attached hydrogen (secondary N) is 1. The number of nitrogens with zero attached hydrogens (tertiary/aromatic N) is 4. The fourth-order valence-electron chi connectivity index (χ4n) is 2.56. The van der Waals surface area contributed by atoms with Crippen molar-refractivity contribution in [2.24, 2.45) is 0 Å². The minimum atomic E-state index is 0.274. The summed E-state index contributed by atoms with van der Waals surface area (Å²) >= 11 is 1.63. The van der Waals surface area contributed by atoms with Gasteiger partial charge in [0.05, 0.1) is 6.04 Å². The van der Waals surface area contributed by atoms with Gasteiger partial charge in [-0.2, -0.15) is 9.61 Å². The minimum Gasteiger partial charge on any atom is -0.311 e. The molecule has 1 aliphatic rings. The van der Waals surface area contributed by atoms with Crippen molar-refractivity contribution in [3.05, 3.63) is 10.8 Å². The third-order valence-corrected chi connectivity index (χ3v) is 4.89. The van der Waals surface area contributed by atoms with E-state index in [2.05, 4.69) is 27.5 Å². The summed E-state index contributed by atoms with van der Waals surface area (Å²) in [4.78, 5) is 0.924. The maximum absolute atomic E-state index is 4.67. The van der Waals surface area contributed by atoms with E-state index in [1.165, 1.54) is 32.1 Å². The van der Waals surface area contributed by atoms with E-state index in [1.54, 1.807) is 11.3 Å². The van der Waals surface area contributed by atoms with Crippen LogP contribution in [-0.2, 0) is 0 Å². The van der Waals surface area contributed by atoms with Crippen LogP contribution in [0.2, 0.25) is 0 Å². The van der Waals surface area contributed by atoms with Crippen LogP contribution in [-0.4, -0.2) is 26.9 Å². The molecule has 0 saturated heterocycles. The first-order valence-corrected chi connectivity index (χ1v) is 7.50. The van der Waals surface area contributed by atoms with Crippen molar-refractivity contribution in [3.8, 4) is 0 Å². The molecule has 0 aliphatic heterocycles. The molecular formula is C12H19N5S. The molecule has 1 atom stereocenters. The van der Waals surface area contributed by atoms with E-state index in [4.69, 9.17) is 0 Å². The normalized spacial score (nSPS) is 19.4. The molecule has 1 N–H and O–H groups in total. The highest BCUT2D eigenvalue weighted by Crippen LogP contribution is 2.32. The second-order valence-electron chi connectivity index (χ2n) is 5.04. The van der Waals surface area contributed by atoms with E-state index in [1.807, 2.05) is 11.6 Å². The third-order valence-electron chi connectivity index (χ3n) is 3.80. The predicted octanol–water partition coefficient (Wildman–Crippen LogP) is 2.51. The van der Waals surface area contributed by atoms with Crippen LogP contribution in [0.25, 0.3) is 4.96 Å². The molecule has 0 amide bonds. The zero-order valence-electron chi connectivity index (χ0n) is 10.9. The van der Waals surface area contributed by atoms with Crippen molar-refractivity contribution < 1.29 is 0 Å². The fourth-order valence-corrected chi connectivity index (χ4v) is 3.47. The smallest absolute Gasteiger partial charge is 0.234 e. The molecule has 0 bridgehead atoms. The Morgan fingerprint density at radius 2 is 2.06 bits per heavy atom. The van der Waals surface area contributed by atoms with E-state index in [0.717, 1.165) is 15.8 Å². The van der Waals surface area contributed by atoms with E-state index < -0.39 is 0 Å². The average Bonchev–Trinajstić information content (AvgIpc) is 2.98. The summed E-state index contributed by atoms with van der Waals surface area (Å²) in [5.41, 5.74) is 0. The minimum absolute atomic E-state index is 0.274. The van der Waals surface area contributed by atoms with Gasteiger partial charge in [0.15, 0.2) is 5.82 Å². The van der Waals surface area contributed by atoms with Crippen molar-refractivity contribution >= 4 is 16.3 Å². The van der Waals surface area contributed by atoms with Gasteiger partial charge in [-0.3, -0.25) is 0 Å². The first-order valence-electron chi connectivity index (χ1n) is 6.69. The zero-order valence-corrected chi connectivity index (χ0v) is 11.7. The summed E-state index contributed by atoms with van der Waals surface area (Å²) in [6, 6.07) is 0.274. The van der Waals surface area contributed by atoms with E-state index in [0.29, 0.717) is 5.92 Å². The number of hydrogen-bond acceptors (Lipinski definition) is 5. The monoisotopic (exact) mass is 265 g/mol. The van der Waals surface area contributed by atoms with Crippen LogP contribution in [0.1, 0.15) is 61.8 Å². The van der Waals surface area contributed by atoms with Gasteiger partial charge in [0.1, 0.15) is 5.01 Å². The van der Waals surface area contributed by atoms with Crippen molar-refractivity contribution in [3.63, 3.8) is 0 Å². The highest BCUT2D eigenvalue weighted by Gasteiger charge is 2.23. The summed E-state index contributed by atoms with van der Waals surface area (Å²) in [6.07, 6.45) is 6.44. The second-order valence-corrected chi connectivity index (χ2v) is 6.03. The summed E-state index contributed by atoms with van der Waals surface area (Å²) in [6.45, 7) is 2.12. The van der Waals surface area contributed by atoms with Crippen LogP contribution in [0.5, 0.6) is 0 Å². The van der Waals surface area contributed by atoms with Crippen LogP contribution in [0.4, 0.5) is 0 Å². The number of aromatic nitrogens is 4. The molecule has 2 aromatic rings. The number of hydrogen-bond donors (Lipinski definition) is 1. The molecule has 18 heavy (non-hydrogen) atoms. The van der Waals surface area contributed by atoms with Crippen LogP contribution in [0.15, 0.2) is 0 Å². The molecule has 5 nitrogen and oxygen atoms in total. The van der Waals surface area contributed by atoms with Crippen LogP contribution in [0, 0.1) is 0 Å². The van der Waals surface area contributed by atoms with Gasteiger partial charge >= 0.3 is 0 Å². The topological polar surface area (TPSA) is 55.1 Å². The Morgan fingerprint density at radius 3 is 2.78 bits per heavy atom. The first kappa shape index (κ1) is 12.0. The van der Waals surface area contributed by atoms with Gasteiger partial charge in [-0.25, -0.2) is 0 Å². The quantitative estimate of drug-likeness (QED) is 0.926. The Morgan fingerprint density at radius 1 is 1.28 bits per heavy atom. The summed E-state index contributed by atoms with van der Waals surface area (Å²) in [5.74, 6) is 1.61. The number of fused-ring (bicyclic) bond motifs is 1. The maximum atomic E-state index is 4.67. The average molecular weight is 265 g/mol. The van der Waals surface area contributed by atoms with Gasteiger partial charge < -0.3 is 5.32 Å². The molecule has 2 heterocycles.